The number of rotatable bonds is 9. The molecule has 1 heterocycles. The number of hydrogen-bond donors (Lipinski definition) is 2. The van der Waals surface area contributed by atoms with E-state index in [-0.39, 0.29) is 16.8 Å². The summed E-state index contributed by atoms with van der Waals surface area (Å²) in [6, 6.07) is 9.17. The van der Waals surface area contributed by atoms with Gasteiger partial charge in [-0.15, -0.1) is 0 Å². The maximum atomic E-state index is 15.6. The number of benzene rings is 2. The van der Waals surface area contributed by atoms with Crippen LogP contribution in [0.15, 0.2) is 36.7 Å². The van der Waals surface area contributed by atoms with E-state index in [9.17, 15) is 4.79 Å². The lowest BCUT2D eigenvalue weighted by Gasteiger charge is -2.15. The van der Waals surface area contributed by atoms with Crippen molar-refractivity contribution >= 4 is 50.9 Å². The van der Waals surface area contributed by atoms with Crippen LogP contribution in [0.5, 0.6) is 0 Å². The minimum Gasteiger partial charge on any atom is -0.352 e. The zero-order chi connectivity index (χ0) is 22.0. The summed E-state index contributed by atoms with van der Waals surface area (Å²) in [5, 5.41) is 3.06. The van der Waals surface area contributed by atoms with Crippen molar-refractivity contribution in [3.05, 3.63) is 51.6 Å². The number of imidazole rings is 1. The molecule has 4 rings (SSSR count). The molecule has 2 N–H and O–H groups in total. The first-order valence-corrected chi connectivity index (χ1v) is 11.3. The van der Waals surface area contributed by atoms with E-state index in [1.807, 2.05) is 47.8 Å². The summed E-state index contributed by atoms with van der Waals surface area (Å²) >= 11 is 2.20. The molecule has 164 valence electrons. The summed E-state index contributed by atoms with van der Waals surface area (Å²) in [5.41, 5.74) is 4.20. The third kappa shape index (κ3) is 5.34. The fourth-order valence-corrected chi connectivity index (χ4v) is 3.55. The molecule has 1 amide bonds. The molecule has 2 aromatic carbocycles. The Morgan fingerprint density at radius 1 is 1.32 bits per heavy atom. The van der Waals surface area contributed by atoms with E-state index in [0.717, 1.165) is 23.0 Å². The smallest absolute Gasteiger partial charge is 0.277 e. The van der Waals surface area contributed by atoms with Crippen molar-refractivity contribution in [2.75, 3.05) is 32.6 Å². The van der Waals surface area contributed by atoms with Gasteiger partial charge in [0.15, 0.2) is 5.82 Å². The van der Waals surface area contributed by atoms with Crippen molar-refractivity contribution in [1.29, 1.82) is 0 Å². The third-order valence-corrected chi connectivity index (χ3v) is 5.90. The second-order valence-electron chi connectivity index (χ2n) is 8.04. The highest BCUT2D eigenvalue weighted by Crippen LogP contribution is 2.32. The molecule has 9 heteroatoms. The molecule has 3 aromatic rings. The lowest BCUT2D eigenvalue weighted by molar-refractivity contribution is 0.0271. The largest absolute Gasteiger partial charge is 0.352 e. The molecule has 0 unspecified atom stereocenters. The Hall–Kier alpha value is -2.24. The average molecular weight is 537 g/mol. The first-order chi connectivity index (χ1) is 14.9. The number of carbonyl (C=O) groups excluding carboxylic acids is 1. The fraction of sp³-hybridized carbons (Fsp3) is 0.364. The summed E-state index contributed by atoms with van der Waals surface area (Å²) in [6.07, 6.45) is 3.83. The van der Waals surface area contributed by atoms with Crippen LogP contribution in [0.3, 0.4) is 0 Å². The van der Waals surface area contributed by atoms with Crippen molar-refractivity contribution < 1.29 is 14.0 Å². The van der Waals surface area contributed by atoms with Crippen molar-refractivity contribution in [1.82, 2.24) is 19.9 Å². The monoisotopic (exact) mass is 537 g/mol. The summed E-state index contributed by atoms with van der Waals surface area (Å²) in [7, 11) is 3.94. The van der Waals surface area contributed by atoms with E-state index in [4.69, 9.17) is 4.84 Å². The number of aromatic nitrogens is 2. The molecule has 1 aliphatic carbocycles. The third-order valence-electron chi connectivity index (χ3n) is 5.18. The number of nitrogens with zero attached hydrogens (tertiary/aromatic N) is 3. The number of anilines is 2. The maximum absolute atomic E-state index is 15.6. The minimum atomic E-state index is -0.563. The number of likely N-dealkylation sites (N-methyl/N-ethyl adjacent to an activating group) is 1. The van der Waals surface area contributed by atoms with Crippen LogP contribution in [0, 0.1) is 15.3 Å². The number of carbonyl (C=O) groups is 1. The Kier molecular flexibility index (Phi) is 6.73. The van der Waals surface area contributed by atoms with Gasteiger partial charge in [-0.1, -0.05) is 0 Å². The summed E-state index contributed by atoms with van der Waals surface area (Å²) in [4.78, 5) is 24.6. The molecule has 0 atom stereocenters. The van der Waals surface area contributed by atoms with Gasteiger partial charge in [0, 0.05) is 22.3 Å². The molecule has 0 saturated heterocycles. The molecule has 0 radical (unpaired) electrons. The number of halogens is 2. The summed E-state index contributed by atoms with van der Waals surface area (Å²) in [6.45, 7) is 1.87. The molecule has 7 nitrogen and oxygen atoms in total. The molecule has 1 aliphatic rings. The Morgan fingerprint density at radius 3 is 2.74 bits per heavy atom. The van der Waals surface area contributed by atoms with E-state index in [1.165, 1.54) is 0 Å². The van der Waals surface area contributed by atoms with Gasteiger partial charge < -0.3 is 14.8 Å². The highest BCUT2D eigenvalue weighted by Gasteiger charge is 2.24. The van der Waals surface area contributed by atoms with Crippen molar-refractivity contribution in [3.8, 4) is 0 Å². The molecule has 0 bridgehead atoms. The Balaban J connectivity index is 1.70. The van der Waals surface area contributed by atoms with Gasteiger partial charge in [0.25, 0.3) is 5.91 Å². The standard InChI is InChI=1S/C22H25FIN5O2/c1-28(2)9-10-29-13-25-21-18(29)11-17(22(30)27-31-12-14-3-4-14)20(19(21)23)26-16-7-5-15(24)6-8-16/h5-8,11,13-14,26H,3-4,9-10,12H2,1-2H3,(H,27,30). The normalized spacial score (nSPS) is 13.7. The van der Waals surface area contributed by atoms with Crippen LogP contribution >= 0.6 is 22.6 Å². The number of nitrogens with one attached hydrogen (secondary N) is 2. The van der Waals surface area contributed by atoms with Gasteiger partial charge in [-0.05, 0) is 85.8 Å². The van der Waals surface area contributed by atoms with Crippen LogP contribution in [0.2, 0.25) is 0 Å². The summed E-state index contributed by atoms with van der Waals surface area (Å²) < 4.78 is 18.5. The molecule has 0 spiro atoms. The molecular formula is C22H25FIN5O2. The van der Waals surface area contributed by atoms with Crippen molar-refractivity contribution in [2.45, 2.75) is 19.4 Å². The first kappa shape index (κ1) is 22.0. The van der Waals surface area contributed by atoms with Crippen LogP contribution < -0.4 is 10.8 Å². The van der Waals surface area contributed by atoms with Crippen LogP contribution in [-0.4, -0.2) is 47.6 Å². The van der Waals surface area contributed by atoms with E-state index >= 15 is 4.39 Å². The molecule has 31 heavy (non-hydrogen) atoms. The SMILES string of the molecule is CN(C)CCn1cnc2c(F)c(Nc3ccc(I)cc3)c(C(=O)NOCC3CC3)cc21. The van der Waals surface area contributed by atoms with E-state index in [2.05, 4.69) is 38.4 Å². The molecule has 1 fully saturated rings. The highest BCUT2D eigenvalue weighted by atomic mass is 127. The number of hydrogen-bond acceptors (Lipinski definition) is 5. The number of amides is 1. The Bertz CT molecular complexity index is 1080. The van der Waals surface area contributed by atoms with Crippen LogP contribution in [-0.2, 0) is 11.4 Å². The number of fused-ring (bicyclic) bond motifs is 1. The molecule has 1 aromatic heterocycles. The van der Waals surface area contributed by atoms with Gasteiger partial charge in [0.05, 0.1) is 29.7 Å². The lowest BCUT2D eigenvalue weighted by Crippen LogP contribution is -2.26. The minimum absolute atomic E-state index is 0.0825. The topological polar surface area (TPSA) is 71.4 Å². The predicted octanol–water partition coefficient (Wildman–Crippen LogP) is 4.16. The van der Waals surface area contributed by atoms with Crippen LogP contribution in [0.25, 0.3) is 11.0 Å². The van der Waals surface area contributed by atoms with Gasteiger partial charge in [0.2, 0.25) is 0 Å². The molecule has 1 saturated carbocycles. The zero-order valence-electron chi connectivity index (χ0n) is 17.5. The van der Waals surface area contributed by atoms with Crippen LogP contribution in [0.1, 0.15) is 23.2 Å². The first-order valence-electron chi connectivity index (χ1n) is 10.2. The van der Waals surface area contributed by atoms with Crippen molar-refractivity contribution in [3.63, 3.8) is 0 Å². The zero-order valence-corrected chi connectivity index (χ0v) is 19.6. The Labute approximate surface area is 194 Å². The lowest BCUT2D eigenvalue weighted by atomic mass is 10.1. The van der Waals surface area contributed by atoms with Gasteiger partial charge in [0.1, 0.15) is 5.52 Å². The van der Waals surface area contributed by atoms with E-state index in [0.29, 0.717) is 30.3 Å². The van der Waals surface area contributed by atoms with E-state index in [1.54, 1.807) is 12.4 Å². The van der Waals surface area contributed by atoms with Gasteiger partial charge in [-0.2, -0.15) is 0 Å². The van der Waals surface area contributed by atoms with Gasteiger partial charge >= 0.3 is 0 Å². The van der Waals surface area contributed by atoms with Gasteiger partial charge in [-0.25, -0.2) is 14.9 Å². The van der Waals surface area contributed by atoms with Gasteiger partial charge in [-0.3, -0.25) is 9.63 Å². The Morgan fingerprint density at radius 2 is 2.06 bits per heavy atom. The van der Waals surface area contributed by atoms with E-state index < -0.39 is 11.7 Å². The molecule has 0 aliphatic heterocycles. The maximum Gasteiger partial charge on any atom is 0.277 e. The highest BCUT2D eigenvalue weighted by molar-refractivity contribution is 14.1. The summed E-state index contributed by atoms with van der Waals surface area (Å²) in [5.74, 6) is -0.557. The predicted molar refractivity (Wildman–Crippen MR) is 127 cm³/mol. The average Bonchev–Trinajstić information content (AvgIpc) is 3.47. The number of hydroxylamine groups is 1. The second-order valence-corrected chi connectivity index (χ2v) is 9.29. The fourth-order valence-electron chi connectivity index (χ4n) is 3.19. The van der Waals surface area contributed by atoms with Crippen LogP contribution in [0.4, 0.5) is 15.8 Å². The van der Waals surface area contributed by atoms with Crippen molar-refractivity contribution in [2.24, 2.45) is 5.92 Å². The molecular weight excluding hydrogens is 512 g/mol. The second kappa shape index (κ2) is 9.49. The quantitative estimate of drug-likeness (QED) is 0.317.